The molecule has 6 nitrogen and oxygen atoms in total. The summed E-state index contributed by atoms with van der Waals surface area (Å²) < 4.78 is 38.5. The maximum atomic E-state index is 12.1. The van der Waals surface area contributed by atoms with Crippen molar-refractivity contribution in [2.45, 2.75) is 50.7 Å². The van der Waals surface area contributed by atoms with E-state index < -0.39 is 28.3 Å². The van der Waals surface area contributed by atoms with E-state index in [1.54, 1.807) is 13.0 Å². The summed E-state index contributed by atoms with van der Waals surface area (Å²) in [4.78, 5) is -0.0397. The van der Waals surface area contributed by atoms with Crippen LogP contribution >= 0.6 is 0 Å². The molecule has 8 heteroatoms. The van der Waals surface area contributed by atoms with Crippen LogP contribution in [0.1, 0.15) is 40.2 Å². The van der Waals surface area contributed by atoms with Crippen LogP contribution in [0.15, 0.2) is 23.1 Å². The van der Waals surface area contributed by atoms with Crippen LogP contribution < -0.4 is 10.2 Å². The molecule has 124 valence electrons. The lowest BCUT2D eigenvalue weighted by atomic mass is 9.78. The summed E-state index contributed by atoms with van der Waals surface area (Å²) in [6.07, 6.45) is 0. The first-order valence-corrected chi connectivity index (χ1v) is 8.92. The van der Waals surface area contributed by atoms with E-state index in [0.29, 0.717) is 5.46 Å². The lowest BCUT2D eigenvalue weighted by Crippen LogP contribution is -2.41. The fourth-order valence-electron chi connectivity index (χ4n) is 2.26. The Morgan fingerprint density at radius 3 is 2.26 bits per heavy atom. The van der Waals surface area contributed by atoms with Crippen molar-refractivity contribution >= 4 is 22.6 Å². The quantitative estimate of drug-likeness (QED) is 0.834. The molecule has 2 rings (SSSR count). The zero-order chi connectivity index (χ0) is 17.5. The molecule has 0 aromatic heterocycles. The summed E-state index contributed by atoms with van der Waals surface area (Å²) in [5, 5.41) is 9.30. The molecule has 0 radical (unpaired) electrons. The molecular formula is C15H21BN2O4S. The van der Waals surface area contributed by atoms with Crippen LogP contribution in [0.3, 0.4) is 0 Å². The number of nitrogens with zero attached hydrogens (tertiary/aromatic N) is 1. The molecule has 1 saturated heterocycles. The van der Waals surface area contributed by atoms with Gasteiger partial charge in [-0.25, -0.2) is 13.1 Å². The Labute approximate surface area is 138 Å². The first kappa shape index (κ1) is 18.0. The number of hydrogen-bond donors (Lipinski definition) is 1. The van der Waals surface area contributed by atoms with Gasteiger partial charge in [-0.05, 0) is 45.3 Å². The fraction of sp³-hybridized carbons (Fsp3) is 0.533. The molecule has 0 amide bonds. The first-order chi connectivity index (χ1) is 10.5. The molecule has 0 bridgehead atoms. The van der Waals surface area contributed by atoms with Gasteiger partial charge in [-0.2, -0.15) is 5.26 Å². The third-order valence-corrected chi connectivity index (χ3v) is 5.88. The van der Waals surface area contributed by atoms with Gasteiger partial charge >= 0.3 is 7.12 Å². The molecule has 1 aromatic carbocycles. The van der Waals surface area contributed by atoms with Crippen molar-refractivity contribution in [3.8, 4) is 6.07 Å². The molecule has 1 heterocycles. The summed E-state index contributed by atoms with van der Waals surface area (Å²) in [5.41, 5.74) is -0.313. The highest BCUT2D eigenvalue weighted by Gasteiger charge is 2.51. The fourth-order valence-corrected chi connectivity index (χ4v) is 3.44. The number of sulfonamides is 1. The topological polar surface area (TPSA) is 88.4 Å². The Morgan fingerprint density at radius 2 is 1.78 bits per heavy atom. The number of nitriles is 1. The molecule has 0 saturated carbocycles. The van der Waals surface area contributed by atoms with Crippen molar-refractivity contribution in [3.05, 3.63) is 23.8 Å². The van der Waals surface area contributed by atoms with E-state index >= 15 is 0 Å². The third-order valence-electron chi connectivity index (χ3n) is 4.27. The van der Waals surface area contributed by atoms with Gasteiger partial charge in [-0.3, -0.25) is 0 Å². The van der Waals surface area contributed by atoms with E-state index in [4.69, 9.17) is 9.31 Å². The maximum Gasteiger partial charge on any atom is 0.494 e. The Kier molecular flexibility index (Phi) is 4.61. The Bertz CT molecular complexity index is 737. The zero-order valence-electron chi connectivity index (χ0n) is 14.0. The van der Waals surface area contributed by atoms with Gasteiger partial charge < -0.3 is 9.31 Å². The highest BCUT2D eigenvalue weighted by atomic mass is 32.2. The second kappa shape index (κ2) is 5.91. The molecule has 0 unspecified atom stereocenters. The predicted octanol–water partition coefficient (Wildman–Crippen LogP) is 1.16. The molecule has 0 atom stereocenters. The van der Waals surface area contributed by atoms with Gasteiger partial charge in [0.05, 0.1) is 21.7 Å². The molecule has 1 aromatic rings. The number of nitrogens with one attached hydrogen (secondary N) is 1. The monoisotopic (exact) mass is 336 g/mol. The van der Waals surface area contributed by atoms with E-state index in [0.717, 1.165) is 0 Å². The van der Waals surface area contributed by atoms with E-state index in [1.807, 2.05) is 33.8 Å². The first-order valence-electron chi connectivity index (χ1n) is 7.43. The molecule has 0 spiro atoms. The minimum atomic E-state index is -3.69. The van der Waals surface area contributed by atoms with E-state index in [-0.39, 0.29) is 17.0 Å². The van der Waals surface area contributed by atoms with Crippen molar-refractivity contribution in [1.29, 1.82) is 5.26 Å². The molecule has 23 heavy (non-hydrogen) atoms. The van der Waals surface area contributed by atoms with Crippen molar-refractivity contribution in [2.24, 2.45) is 0 Å². The minimum Gasteiger partial charge on any atom is -0.399 e. The maximum absolute atomic E-state index is 12.1. The third kappa shape index (κ3) is 3.28. The van der Waals surface area contributed by atoms with Crippen LogP contribution in [0.25, 0.3) is 0 Å². The van der Waals surface area contributed by atoms with Crippen LogP contribution in [-0.4, -0.2) is 33.3 Å². The largest absolute Gasteiger partial charge is 0.494 e. The van der Waals surface area contributed by atoms with Crippen LogP contribution in [0.5, 0.6) is 0 Å². The van der Waals surface area contributed by atoms with Gasteiger partial charge in [0, 0.05) is 6.54 Å². The van der Waals surface area contributed by atoms with Crippen LogP contribution in [0.2, 0.25) is 0 Å². The van der Waals surface area contributed by atoms with Gasteiger partial charge in [0.1, 0.15) is 6.07 Å². The van der Waals surface area contributed by atoms with Crippen molar-refractivity contribution in [3.63, 3.8) is 0 Å². The highest BCUT2D eigenvalue weighted by Crippen LogP contribution is 2.36. The summed E-state index contributed by atoms with van der Waals surface area (Å²) in [6.45, 7) is 9.67. The average Bonchev–Trinajstić information content (AvgIpc) is 2.66. The van der Waals surface area contributed by atoms with E-state index in [2.05, 4.69) is 4.72 Å². The van der Waals surface area contributed by atoms with Gasteiger partial charge in [0.25, 0.3) is 0 Å². The van der Waals surface area contributed by atoms with Gasteiger partial charge in [-0.1, -0.05) is 13.0 Å². The summed E-state index contributed by atoms with van der Waals surface area (Å²) in [6, 6.07) is 6.47. The molecule has 1 fully saturated rings. The van der Waals surface area contributed by atoms with Crippen molar-refractivity contribution < 1.29 is 17.7 Å². The summed E-state index contributed by atoms with van der Waals surface area (Å²) >= 11 is 0. The highest BCUT2D eigenvalue weighted by molar-refractivity contribution is 7.89. The average molecular weight is 336 g/mol. The Hall–Kier alpha value is -1.40. The van der Waals surface area contributed by atoms with E-state index in [9.17, 15) is 13.7 Å². The molecule has 1 aliphatic heterocycles. The minimum absolute atomic E-state index is 0.0397. The standard InChI is InChI=1S/C15H21BN2O4S/c1-6-18-23(19,20)13-8-7-12(9-11(13)10-17)16-21-14(2,3)15(4,5)22-16/h7-9,18H,6H2,1-5H3. The second-order valence-corrected chi connectivity index (χ2v) is 8.19. The zero-order valence-corrected chi connectivity index (χ0v) is 14.8. The van der Waals surface area contributed by atoms with Crippen LogP contribution in [0.4, 0.5) is 0 Å². The second-order valence-electron chi connectivity index (χ2n) is 6.46. The predicted molar refractivity (Wildman–Crippen MR) is 87.7 cm³/mol. The smallest absolute Gasteiger partial charge is 0.399 e. The molecular weight excluding hydrogens is 315 g/mol. The summed E-state index contributed by atoms with van der Waals surface area (Å²) in [7, 11) is -4.33. The van der Waals surface area contributed by atoms with Gasteiger partial charge in [-0.15, -0.1) is 0 Å². The molecule has 1 N–H and O–H groups in total. The molecule has 0 aliphatic carbocycles. The van der Waals surface area contributed by atoms with Crippen molar-refractivity contribution in [1.82, 2.24) is 4.72 Å². The number of benzene rings is 1. The van der Waals surface area contributed by atoms with Crippen LogP contribution in [0, 0.1) is 11.3 Å². The molecule has 1 aliphatic rings. The Morgan fingerprint density at radius 1 is 1.22 bits per heavy atom. The van der Waals surface area contributed by atoms with Gasteiger partial charge in [0.15, 0.2) is 0 Å². The SMILES string of the molecule is CCNS(=O)(=O)c1ccc(B2OC(C)(C)C(C)(C)O2)cc1C#N. The summed E-state index contributed by atoms with van der Waals surface area (Å²) in [5.74, 6) is 0. The van der Waals surface area contributed by atoms with Crippen molar-refractivity contribution in [2.75, 3.05) is 6.54 Å². The lowest BCUT2D eigenvalue weighted by molar-refractivity contribution is 0.00578. The Balaban J connectivity index is 2.41. The number of rotatable bonds is 4. The van der Waals surface area contributed by atoms with Gasteiger partial charge in [0.2, 0.25) is 10.0 Å². The lowest BCUT2D eigenvalue weighted by Gasteiger charge is -2.32. The number of hydrogen-bond acceptors (Lipinski definition) is 5. The van der Waals surface area contributed by atoms with Crippen LogP contribution in [-0.2, 0) is 19.3 Å². The van der Waals surface area contributed by atoms with E-state index in [1.165, 1.54) is 12.1 Å². The normalized spacial score (nSPS) is 19.6.